The third kappa shape index (κ3) is 4.63. The number of aryl methyl sites for hydroxylation is 3. The first-order chi connectivity index (χ1) is 15.1. The molecule has 4 heteroatoms. The molecule has 0 radical (unpaired) electrons. The zero-order valence-electron chi connectivity index (χ0n) is 18.6. The monoisotopic (exact) mass is 414 g/mol. The minimum absolute atomic E-state index is 0.287. The van der Waals surface area contributed by atoms with Crippen LogP contribution in [0, 0.1) is 6.92 Å². The fourth-order valence-electron chi connectivity index (χ4n) is 4.59. The number of rotatable bonds is 6. The Morgan fingerprint density at radius 2 is 1.90 bits per heavy atom. The van der Waals surface area contributed by atoms with E-state index in [1.807, 2.05) is 0 Å². The van der Waals surface area contributed by atoms with Crippen molar-refractivity contribution in [2.75, 3.05) is 19.1 Å². The van der Waals surface area contributed by atoms with E-state index in [2.05, 4.69) is 66.3 Å². The highest BCUT2D eigenvalue weighted by molar-refractivity contribution is 5.90. The summed E-state index contributed by atoms with van der Waals surface area (Å²) < 4.78 is 4.93. The predicted molar refractivity (Wildman–Crippen MR) is 125 cm³/mol. The fourth-order valence-corrected chi connectivity index (χ4v) is 4.59. The van der Waals surface area contributed by atoms with Crippen LogP contribution in [0.1, 0.15) is 57.8 Å². The van der Waals surface area contributed by atoms with Crippen LogP contribution in [0.15, 0.2) is 60.9 Å². The summed E-state index contributed by atoms with van der Waals surface area (Å²) in [5.74, 6) is 0.221. The largest absolute Gasteiger partial charge is 0.465 e. The highest BCUT2D eigenvalue weighted by Gasteiger charge is 2.22. The number of aromatic nitrogens is 1. The summed E-state index contributed by atoms with van der Waals surface area (Å²) in [6.45, 7) is 2.11. The van der Waals surface area contributed by atoms with E-state index >= 15 is 0 Å². The van der Waals surface area contributed by atoms with Gasteiger partial charge in [-0.1, -0.05) is 23.8 Å². The van der Waals surface area contributed by atoms with Crippen molar-refractivity contribution < 1.29 is 9.53 Å². The van der Waals surface area contributed by atoms with Crippen LogP contribution >= 0.6 is 0 Å². The van der Waals surface area contributed by atoms with Crippen molar-refractivity contribution in [1.29, 1.82) is 0 Å². The van der Waals surface area contributed by atoms with Crippen LogP contribution < -0.4 is 4.90 Å². The zero-order valence-corrected chi connectivity index (χ0v) is 18.6. The Labute approximate surface area is 184 Å². The van der Waals surface area contributed by atoms with Gasteiger partial charge in [0.25, 0.3) is 0 Å². The molecule has 4 rings (SSSR count). The van der Waals surface area contributed by atoms with Crippen molar-refractivity contribution in [2.24, 2.45) is 0 Å². The molecular formula is C27H30N2O2. The molecule has 0 aliphatic heterocycles. The van der Waals surface area contributed by atoms with E-state index in [-0.39, 0.29) is 5.97 Å². The van der Waals surface area contributed by atoms with Crippen LogP contribution in [0.5, 0.6) is 0 Å². The Balaban J connectivity index is 1.51. The van der Waals surface area contributed by atoms with Gasteiger partial charge in [0.2, 0.25) is 0 Å². The number of pyridine rings is 1. The van der Waals surface area contributed by atoms with Gasteiger partial charge in [-0.2, -0.15) is 0 Å². The van der Waals surface area contributed by atoms with E-state index in [1.165, 1.54) is 48.0 Å². The molecule has 3 aromatic rings. The van der Waals surface area contributed by atoms with Gasteiger partial charge in [0.05, 0.1) is 12.7 Å². The number of anilines is 2. The van der Waals surface area contributed by atoms with Gasteiger partial charge in [-0.05, 0) is 92.0 Å². The number of fused-ring (bicyclic) bond motifs is 1. The standard InChI is InChI=1S/C27H30N2O2/c1-19-7-11-23(12-8-19)29(2)24-13-14-25-20(5-4-6-21(25)17-24)9-10-22-18-28-16-15-26(22)27(30)31-3/h7-8,11-18,20H,4-6,9-10H2,1-3H3/t20-/m0/s1. The maximum absolute atomic E-state index is 12.1. The van der Waals surface area contributed by atoms with E-state index in [9.17, 15) is 4.79 Å². The van der Waals surface area contributed by atoms with Crippen LogP contribution in [0.4, 0.5) is 11.4 Å². The lowest BCUT2D eigenvalue weighted by Gasteiger charge is -2.28. The second-order valence-electron chi connectivity index (χ2n) is 8.43. The normalized spacial score (nSPS) is 15.3. The van der Waals surface area contributed by atoms with Gasteiger partial charge in [-0.25, -0.2) is 4.79 Å². The number of esters is 1. The van der Waals surface area contributed by atoms with Gasteiger partial charge in [0.1, 0.15) is 0 Å². The van der Waals surface area contributed by atoms with Gasteiger partial charge in [0, 0.05) is 30.8 Å². The molecule has 1 atom stereocenters. The lowest BCUT2D eigenvalue weighted by atomic mass is 9.79. The number of benzene rings is 2. The third-order valence-corrected chi connectivity index (χ3v) is 6.44. The van der Waals surface area contributed by atoms with Crippen molar-refractivity contribution in [1.82, 2.24) is 4.98 Å². The zero-order chi connectivity index (χ0) is 21.8. The number of hydrogen-bond acceptors (Lipinski definition) is 4. The van der Waals surface area contributed by atoms with Crippen molar-refractivity contribution in [3.8, 4) is 0 Å². The molecule has 1 aliphatic rings. The van der Waals surface area contributed by atoms with Crippen LogP contribution in [-0.4, -0.2) is 25.1 Å². The molecule has 0 bridgehead atoms. The molecule has 1 heterocycles. The number of hydrogen-bond donors (Lipinski definition) is 0. The van der Waals surface area contributed by atoms with Crippen molar-refractivity contribution in [3.05, 3.63) is 88.7 Å². The van der Waals surface area contributed by atoms with Crippen molar-refractivity contribution in [3.63, 3.8) is 0 Å². The minimum atomic E-state index is -0.287. The van der Waals surface area contributed by atoms with Gasteiger partial charge < -0.3 is 9.64 Å². The Morgan fingerprint density at radius 3 is 2.68 bits per heavy atom. The summed E-state index contributed by atoms with van der Waals surface area (Å²) in [5, 5.41) is 0. The molecule has 4 nitrogen and oxygen atoms in total. The van der Waals surface area contributed by atoms with Crippen molar-refractivity contribution >= 4 is 17.3 Å². The van der Waals surface area contributed by atoms with E-state index in [0.29, 0.717) is 11.5 Å². The van der Waals surface area contributed by atoms with Crippen LogP contribution in [0.25, 0.3) is 0 Å². The summed E-state index contributed by atoms with van der Waals surface area (Å²) in [4.78, 5) is 18.5. The smallest absolute Gasteiger partial charge is 0.338 e. The number of nitrogens with zero attached hydrogens (tertiary/aromatic N) is 2. The number of carbonyl (C=O) groups is 1. The number of carbonyl (C=O) groups excluding carboxylic acids is 1. The van der Waals surface area contributed by atoms with Crippen molar-refractivity contribution in [2.45, 2.75) is 44.9 Å². The quantitative estimate of drug-likeness (QED) is 0.464. The van der Waals surface area contributed by atoms with E-state index in [4.69, 9.17) is 4.74 Å². The highest BCUT2D eigenvalue weighted by Crippen LogP contribution is 2.37. The molecule has 31 heavy (non-hydrogen) atoms. The molecule has 1 aromatic heterocycles. The SMILES string of the molecule is COC(=O)c1ccncc1CC[C@@H]1CCCc2cc(N(C)c3ccc(C)cc3)ccc21. The maximum atomic E-state index is 12.1. The summed E-state index contributed by atoms with van der Waals surface area (Å²) in [6.07, 6.45) is 8.80. The number of methoxy groups -OCH3 is 1. The highest BCUT2D eigenvalue weighted by atomic mass is 16.5. The Morgan fingerprint density at radius 1 is 1.13 bits per heavy atom. The summed E-state index contributed by atoms with van der Waals surface area (Å²) in [5.41, 5.74) is 8.20. The van der Waals surface area contributed by atoms with Gasteiger partial charge in [-0.3, -0.25) is 4.98 Å². The third-order valence-electron chi connectivity index (χ3n) is 6.44. The predicted octanol–water partition coefficient (Wildman–Crippen LogP) is 6.00. The molecule has 1 aliphatic carbocycles. The molecule has 0 saturated heterocycles. The second-order valence-corrected chi connectivity index (χ2v) is 8.43. The lowest BCUT2D eigenvalue weighted by Crippen LogP contribution is -2.14. The summed E-state index contributed by atoms with van der Waals surface area (Å²) >= 11 is 0. The van der Waals surface area contributed by atoms with Gasteiger partial charge in [0.15, 0.2) is 0 Å². The van der Waals surface area contributed by atoms with Crippen LogP contribution in [0.2, 0.25) is 0 Å². The second kappa shape index (κ2) is 9.34. The van der Waals surface area contributed by atoms with Gasteiger partial charge >= 0.3 is 5.97 Å². The minimum Gasteiger partial charge on any atom is -0.465 e. The Bertz CT molecular complexity index is 1060. The van der Waals surface area contributed by atoms with E-state index < -0.39 is 0 Å². The molecule has 0 saturated carbocycles. The van der Waals surface area contributed by atoms with E-state index in [1.54, 1.807) is 18.5 Å². The molecule has 160 valence electrons. The molecule has 0 spiro atoms. The van der Waals surface area contributed by atoms with Crippen LogP contribution in [0.3, 0.4) is 0 Å². The summed E-state index contributed by atoms with van der Waals surface area (Å²) in [6, 6.07) is 17.3. The Hall–Kier alpha value is -3.14. The molecule has 0 fully saturated rings. The van der Waals surface area contributed by atoms with Crippen LogP contribution in [-0.2, 0) is 17.6 Å². The fraction of sp³-hybridized carbons (Fsp3) is 0.333. The molecule has 0 unspecified atom stereocenters. The maximum Gasteiger partial charge on any atom is 0.338 e. The number of ether oxygens (including phenoxy) is 1. The first-order valence-electron chi connectivity index (χ1n) is 11.0. The first kappa shape index (κ1) is 21.1. The topological polar surface area (TPSA) is 42.4 Å². The van der Waals surface area contributed by atoms with Gasteiger partial charge in [-0.15, -0.1) is 0 Å². The Kier molecular flexibility index (Phi) is 6.36. The molecule has 0 amide bonds. The average Bonchev–Trinajstić information content (AvgIpc) is 2.82. The van der Waals surface area contributed by atoms with E-state index in [0.717, 1.165) is 24.8 Å². The molecule has 0 N–H and O–H groups in total. The lowest BCUT2D eigenvalue weighted by molar-refractivity contribution is 0.0599. The summed E-state index contributed by atoms with van der Waals surface area (Å²) in [7, 11) is 3.55. The molecule has 2 aromatic carbocycles. The molecular weight excluding hydrogens is 384 g/mol. The average molecular weight is 415 g/mol. The first-order valence-corrected chi connectivity index (χ1v) is 11.0.